The van der Waals surface area contributed by atoms with Crippen molar-refractivity contribution in [1.29, 1.82) is 0 Å². The lowest BCUT2D eigenvalue weighted by Gasteiger charge is -2.45. The highest BCUT2D eigenvalue weighted by Gasteiger charge is 2.38. The van der Waals surface area contributed by atoms with Gasteiger partial charge in [-0.05, 0) is 30.1 Å². The fourth-order valence-electron chi connectivity index (χ4n) is 3.80. The summed E-state index contributed by atoms with van der Waals surface area (Å²) in [6, 6.07) is 1.56. The van der Waals surface area contributed by atoms with Gasteiger partial charge in [-0.1, -0.05) is 27.7 Å². The molecule has 0 spiro atoms. The van der Waals surface area contributed by atoms with Crippen LogP contribution >= 0.6 is 0 Å². The van der Waals surface area contributed by atoms with Crippen LogP contribution in [0.1, 0.15) is 47.0 Å². The van der Waals surface area contributed by atoms with E-state index in [1.54, 1.807) is 0 Å². The van der Waals surface area contributed by atoms with Crippen molar-refractivity contribution in [3.63, 3.8) is 0 Å². The van der Waals surface area contributed by atoms with Crippen LogP contribution in [0.4, 0.5) is 18.9 Å². The lowest BCUT2D eigenvalue weighted by atomic mass is 9.63. The summed E-state index contributed by atoms with van der Waals surface area (Å²) in [4.78, 5) is 0. The highest BCUT2D eigenvalue weighted by atomic mass is 19.2. The molecule has 1 aliphatic rings. The molecule has 1 saturated carbocycles. The summed E-state index contributed by atoms with van der Waals surface area (Å²) >= 11 is 0. The Balaban J connectivity index is 2.19. The van der Waals surface area contributed by atoms with Gasteiger partial charge in [-0.2, -0.15) is 0 Å². The smallest absolute Gasteiger partial charge is 0.161 e. The highest BCUT2D eigenvalue weighted by Crippen LogP contribution is 2.46. The SMILES string of the molecule is CC1(C)CC(Nc2cc(F)c(F)cc2F)CC(C)(C)C1. The molecule has 0 bridgehead atoms. The van der Waals surface area contributed by atoms with E-state index in [9.17, 15) is 13.2 Å². The Kier molecular flexibility index (Phi) is 3.78. The van der Waals surface area contributed by atoms with E-state index in [0.717, 1.165) is 25.3 Å². The number of hydrogen-bond acceptors (Lipinski definition) is 1. The van der Waals surface area contributed by atoms with Gasteiger partial charge in [-0.15, -0.1) is 0 Å². The second-order valence-electron chi connectivity index (χ2n) is 7.50. The number of anilines is 1. The van der Waals surface area contributed by atoms with Crippen LogP contribution < -0.4 is 5.32 Å². The van der Waals surface area contributed by atoms with E-state index in [-0.39, 0.29) is 22.6 Å². The van der Waals surface area contributed by atoms with E-state index in [1.165, 1.54) is 0 Å². The van der Waals surface area contributed by atoms with Crippen molar-refractivity contribution in [1.82, 2.24) is 0 Å². The zero-order valence-corrected chi connectivity index (χ0v) is 12.5. The van der Waals surface area contributed by atoms with Crippen molar-refractivity contribution in [2.75, 3.05) is 5.32 Å². The fraction of sp³-hybridized carbons (Fsp3) is 0.625. The molecular formula is C16H22F3N. The Labute approximate surface area is 118 Å². The van der Waals surface area contributed by atoms with Crippen molar-refractivity contribution in [2.24, 2.45) is 10.8 Å². The molecule has 0 radical (unpaired) electrons. The molecule has 1 aromatic carbocycles. The average Bonchev–Trinajstić information content (AvgIpc) is 2.21. The van der Waals surface area contributed by atoms with Gasteiger partial charge >= 0.3 is 0 Å². The number of rotatable bonds is 2. The Morgan fingerprint density at radius 2 is 1.40 bits per heavy atom. The number of benzene rings is 1. The first-order valence-electron chi connectivity index (χ1n) is 6.99. The van der Waals surface area contributed by atoms with E-state index in [4.69, 9.17) is 0 Å². The van der Waals surface area contributed by atoms with Gasteiger partial charge in [0.15, 0.2) is 11.6 Å². The molecule has 2 rings (SSSR count). The van der Waals surface area contributed by atoms with Gasteiger partial charge in [0.1, 0.15) is 5.82 Å². The van der Waals surface area contributed by atoms with Crippen molar-refractivity contribution < 1.29 is 13.2 Å². The fourth-order valence-corrected chi connectivity index (χ4v) is 3.80. The molecule has 0 aliphatic heterocycles. The normalized spacial score (nSPS) is 21.8. The third kappa shape index (κ3) is 3.47. The summed E-state index contributed by atoms with van der Waals surface area (Å²) in [5.74, 6) is -2.93. The molecule has 112 valence electrons. The second-order valence-corrected chi connectivity index (χ2v) is 7.50. The van der Waals surface area contributed by atoms with Crippen molar-refractivity contribution in [3.05, 3.63) is 29.6 Å². The standard InChI is InChI=1S/C16H22F3N/c1-15(2)7-10(8-16(3,4)9-15)20-14-6-12(18)11(17)5-13(14)19/h5-6,10,20H,7-9H2,1-4H3. The lowest BCUT2D eigenvalue weighted by molar-refractivity contribution is 0.105. The summed E-state index contributed by atoms with van der Waals surface area (Å²) in [7, 11) is 0. The van der Waals surface area contributed by atoms with E-state index in [2.05, 4.69) is 33.0 Å². The monoisotopic (exact) mass is 285 g/mol. The molecule has 1 aromatic rings. The zero-order valence-electron chi connectivity index (χ0n) is 12.5. The van der Waals surface area contributed by atoms with Gasteiger partial charge in [-0.3, -0.25) is 0 Å². The molecule has 0 saturated heterocycles. The second kappa shape index (κ2) is 4.97. The molecule has 1 aliphatic carbocycles. The first-order valence-corrected chi connectivity index (χ1v) is 6.99. The van der Waals surface area contributed by atoms with Crippen LogP contribution in [-0.4, -0.2) is 6.04 Å². The molecule has 1 nitrogen and oxygen atoms in total. The van der Waals surface area contributed by atoms with Crippen LogP contribution in [-0.2, 0) is 0 Å². The summed E-state index contributed by atoms with van der Waals surface area (Å²) < 4.78 is 39.9. The molecule has 1 N–H and O–H groups in total. The molecule has 20 heavy (non-hydrogen) atoms. The number of hydrogen-bond donors (Lipinski definition) is 1. The number of nitrogens with one attached hydrogen (secondary N) is 1. The van der Waals surface area contributed by atoms with Gasteiger partial charge in [0.25, 0.3) is 0 Å². The summed E-state index contributed by atoms with van der Waals surface area (Å²) in [6.45, 7) is 8.74. The largest absolute Gasteiger partial charge is 0.380 e. The summed E-state index contributed by atoms with van der Waals surface area (Å²) in [5.41, 5.74) is 0.338. The maximum Gasteiger partial charge on any atom is 0.161 e. The molecule has 0 unspecified atom stereocenters. The van der Waals surface area contributed by atoms with Crippen LogP contribution in [0.3, 0.4) is 0 Å². The van der Waals surface area contributed by atoms with Crippen LogP contribution in [0, 0.1) is 28.3 Å². The zero-order chi connectivity index (χ0) is 15.1. The Hall–Kier alpha value is -1.19. The Bertz CT molecular complexity index is 493. The van der Waals surface area contributed by atoms with E-state index < -0.39 is 17.5 Å². The third-order valence-corrected chi connectivity index (χ3v) is 3.92. The van der Waals surface area contributed by atoms with Gasteiger partial charge in [0, 0.05) is 18.2 Å². The third-order valence-electron chi connectivity index (χ3n) is 3.92. The van der Waals surface area contributed by atoms with Gasteiger partial charge in [-0.25, -0.2) is 13.2 Å². The molecule has 1 fully saturated rings. The summed E-state index contributed by atoms with van der Waals surface area (Å²) in [5, 5.41) is 3.05. The lowest BCUT2D eigenvalue weighted by Crippen LogP contribution is -2.40. The van der Waals surface area contributed by atoms with Gasteiger partial charge in [0.2, 0.25) is 0 Å². The molecule has 0 heterocycles. The minimum absolute atomic E-state index is 0.0439. The van der Waals surface area contributed by atoms with Crippen molar-refractivity contribution in [2.45, 2.75) is 53.0 Å². The van der Waals surface area contributed by atoms with Crippen LogP contribution in [0.25, 0.3) is 0 Å². The molecule has 0 amide bonds. The minimum Gasteiger partial charge on any atom is -0.380 e. The van der Waals surface area contributed by atoms with Crippen LogP contribution in [0.15, 0.2) is 12.1 Å². The van der Waals surface area contributed by atoms with E-state index in [1.807, 2.05) is 0 Å². The van der Waals surface area contributed by atoms with Crippen molar-refractivity contribution in [3.8, 4) is 0 Å². The first-order chi connectivity index (χ1) is 9.08. The van der Waals surface area contributed by atoms with Gasteiger partial charge < -0.3 is 5.32 Å². The molecular weight excluding hydrogens is 263 g/mol. The quantitative estimate of drug-likeness (QED) is 0.744. The highest BCUT2D eigenvalue weighted by molar-refractivity contribution is 5.46. The minimum atomic E-state index is -1.16. The molecule has 0 aromatic heterocycles. The van der Waals surface area contributed by atoms with Crippen molar-refractivity contribution >= 4 is 5.69 Å². The molecule has 4 heteroatoms. The first kappa shape index (κ1) is 15.2. The Morgan fingerprint density at radius 3 is 1.95 bits per heavy atom. The maximum absolute atomic E-state index is 13.7. The summed E-state index contributed by atoms with van der Waals surface area (Å²) in [6.07, 6.45) is 2.86. The van der Waals surface area contributed by atoms with Crippen LogP contribution in [0.5, 0.6) is 0 Å². The Morgan fingerprint density at radius 1 is 0.900 bits per heavy atom. The average molecular weight is 285 g/mol. The van der Waals surface area contributed by atoms with E-state index in [0.29, 0.717) is 6.07 Å². The van der Waals surface area contributed by atoms with E-state index >= 15 is 0 Å². The van der Waals surface area contributed by atoms with Crippen LogP contribution in [0.2, 0.25) is 0 Å². The topological polar surface area (TPSA) is 12.0 Å². The molecule has 0 atom stereocenters. The maximum atomic E-state index is 13.7. The number of halogens is 3. The van der Waals surface area contributed by atoms with Gasteiger partial charge in [0.05, 0.1) is 5.69 Å². The predicted molar refractivity (Wildman–Crippen MR) is 75.1 cm³/mol. The predicted octanol–water partition coefficient (Wildman–Crippen LogP) is 5.12.